The molecule has 0 saturated carbocycles. The van der Waals surface area contributed by atoms with E-state index in [-0.39, 0.29) is 75.9 Å². The Morgan fingerprint density at radius 2 is 1.25 bits per heavy atom. The van der Waals surface area contributed by atoms with Crippen LogP contribution in [0.1, 0.15) is 1.43 Å². The van der Waals surface area contributed by atoms with E-state index in [0.29, 0.717) is 0 Å². The molecule has 0 aliphatic heterocycles. The summed E-state index contributed by atoms with van der Waals surface area (Å²) in [7, 11) is 0. The Morgan fingerprint density at radius 3 is 1.25 bits per heavy atom. The second-order valence-corrected chi connectivity index (χ2v) is 0.575. The predicted molar refractivity (Wildman–Crippen MR) is 16.9 cm³/mol. The van der Waals surface area contributed by atoms with Gasteiger partial charge in [-0.25, -0.2) is 0 Å². The number of carbonyl (C=O) groups is 2. The van der Waals surface area contributed by atoms with Gasteiger partial charge in [-0.1, -0.05) is 0 Å². The fraction of sp³-hybridized carbons (Fsp3) is 0. The smallest absolute Gasteiger partial charge is 1.00 e. The third-order valence-electron chi connectivity index (χ3n) is 0.167. The molecule has 0 spiro atoms. The van der Waals surface area contributed by atoms with Gasteiger partial charge in [0.05, 0.1) is 11.9 Å². The molecule has 0 rings (SSSR count). The van der Waals surface area contributed by atoms with E-state index in [1.165, 1.54) is 0 Å². The number of hydrogen-bond donors (Lipinski definition) is 0. The van der Waals surface area contributed by atoms with Gasteiger partial charge >= 0.3 is 74.4 Å². The van der Waals surface area contributed by atoms with Crippen LogP contribution >= 0.6 is 0 Å². The Balaban J connectivity index is -0.0000000417. The van der Waals surface area contributed by atoms with Crippen molar-refractivity contribution in [2.24, 2.45) is 0 Å². The predicted octanol–water partition coefficient (Wildman–Crippen LogP) is -6.78. The van der Waals surface area contributed by atoms with Gasteiger partial charge in [-0.15, -0.1) is 0 Å². The van der Waals surface area contributed by atoms with E-state index in [9.17, 15) is 0 Å². The Morgan fingerprint density at radius 1 is 1.12 bits per heavy atom. The first-order valence-corrected chi connectivity index (χ1v) is 1.07. The van der Waals surface area contributed by atoms with E-state index in [1.54, 1.807) is 0 Å². The molecule has 0 radical (unpaired) electrons. The van der Waals surface area contributed by atoms with Gasteiger partial charge in [-0.05, 0) is 0 Å². The maximum absolute atomic E-state index is 8.93. The van der Waals surface area contributed by atoms with Crippen molar-refractivity contribution in [2.45, 2.75) is 0 Å². The summed E-state index contributed by atoms with van der Waals surface area (Å²) in [6.07, 6.45) is 0. The molecular formula is C2HKMgO4. The van der Waals surface area contributed by atoms with Gasteiger partial charge in [0.2, 0.25) is 0 Å². The van der Waals surface area contributed by atoms with Gasteiger partial charge in [-0.2, -0.15) is 0 Å². The summed E-state index contributed by atoms with van der Waals surface area (Å²) in [5, 5.41) is 17.9. The molecule has 0 atom stereocenters. The van der Waals surface area contributed by atoms with Gasteiger partial charge in [0, 0.05) is 0 Å². The van der Waals surface area contributed by atoms with Crippen LogP contribution in [0.25, 0.3) is 0 Å². The zero-order valence-corrected chi connectivity index (χ0v) is 8.88. The van der Waals surface area contributed by atoms with Crippen LogP contribution in [0.5, 0.6) is 0 Å². The van der Waals surface area contributed by atoms with Gasteiger partial charge in [0.15, 0.2) is 0 Å². The SMILES string of the molecule is O=C([O-])C(=O)[O-].[H-].[K+].[Mg+2]. The average Bonchev–Trinajstić information content (AvgIpc) is 1.36. The minimum Gasteiger partial charge on any atom is -1.00 e. The molecule has 0 N–H and O–H groups in total. The fourth-order valence-corrected chi connectivity index (χ4v) is 0. The normalized spacial score (nSPS) is 5.50. The molecular weight excluding hydrogens is 151 g/mol. The van der Waals surface area contributed by atoms with Crippen LogP contribution in [0, 0.1) is 0 Å². The van der Waals surface area contributed by atoms with Crippen molar-refractivity contribution in [1.29, 1.82) is 0 Å². The van der Waals surface area contributed by atoms with Crippen molar-refractivity contribution in [3.8, 4) is 0 Å². The van der Waals surface area contributed by atoms with E-state index < -0.39 is 11.9 Å². The summed E-state index contributed by atoms with van der Waals surface area (Å²) in [6.45, 7) is 0. The Labute approximate surface area is 106 Å². The van der Waals surface area contributed by atoms with Crippen LogP contribution < -0.4 is 61.6 Å². The first kappa shape index (κ1) is 16.2. The van der Waals surface area contributed by atoms with Crippen molar-refractivity contribution < 1.29 is 72.6 Å². The molecule has 0 saturated heterocycles. The molecule has 4 nitrogen and oxygen atoms in total. The maximum Gasteiger partial charge on any atom is 2.00 e. The quantitative estimate of drug-likeness (QED) is 0.255. The summed E-state index contributed by atoms with van der Waals surface area (Å²) in [6, 6.07) is 0. The van der Waals surface area contributed by atoms with E-state index in [0.717, 1.165) is 0 Å². The van der Waals surface area contributed by atoms with Crippen molar-refractivity contribution >= 4 is 35.0 Å². The summed E-state index contributed by atoms with van der Waals surface area (Å²) in [5.74, 6) is -4.37. The van der Waals surface area contributed by atoms with Crippen LogP contribution in [-0.4, -0.2) is 35.0 Å². The topological polar surface area (TPSA) is 80.3 Å². The first-order chi connectivity index (χ1) is 2.64. The van der Waals surface area contributed by atoms with E-state index in [1.807, 2.05) is 0 Å². The molecule has 0 amide bonds. The van der Waals surface area contributed by atoms with Crippen LogP contribution in [-0.2, 0) is 9.59 Å². The van der Waals surface area contributed by atoms with Crippen LogP contribution in [0.4, 0.5) is 0 Å². The second kappa shape index (κ2) is 8.34. The largest absolute Gasteiger partial charge is 2.00 e. The van der Waals surface area contributed by atoms with E-state index in [2.05, 4.69) is 0 Å². The van der Waals surface area contributed by atoms with Gasteiger partial charge in [0.25, 0.3) is 0 Å². The second-order valence-electron chi connectivity index (χ2n) is 0.575. The van der Waals surface area contributed by atoms with Crippen LogP contribution in [0.15, 0.2) is 0 Å². The molecule has 0 unspecified atom stereocenters. The Hall–Kier alpha value is 1.34. The zero-order valence-electron chi connectivity index (χ0n) is 5.34. The molecule has 0 bridgehead atoms. The number of carboxylic acids is 2. The average molecular weight is 152 g/mol. The maximum atomic E-state index is 8.93. The van der Waals surface area contributed by atoms with Gasteiger partial charge in [0.1, 0.15) is 0 Å². The third kappa shape index (κ3) is 10.3. The minimum absolute atomic E-state index is 0. The molecule has 0 aromatic heterocycles. The fourth-order valence-electron chi connectivity index (χ4n) is 0. The standard InChI is InChI=1S/C2H2O4.K.Mg.H/c3-1(4)2(5)6;;;/h(H,3,4)(H,5,6);;;/q;+1;+2;-1/p-2. The summed E-state index contributed by atoms with van der Waals surface area (Å²) >= 11 is 0. The molecule has 0 heterocycles. The van der Waals surface area contributed by atoms with Crippen LogP contribution in [0.2, 0.25) is 0 Å². The molecule has 6 heteroatoms. The monoisotopic (exact) mass is 152 g/mol. The van der Waals surface area contributed by atoms with Crippen molar-refractivity contribution in [3.63, 3.8) is 0 Å². The molecule has 0 fully saturated rings. The van der Waals surface area contributed by atoms with Crippen LogP contribution in [0.3, 0.4) is 0 Å². The Bertz CT molecular complexity index is 84.6. The Kier molecular flexibility index (Phi) is 16.9. The molecule has 0 aromatic rings. The van der Waals surface area contributed by atoms with E-state index >= 15 is 0 Å². The molecule has 36 valence electrons. The van der Waals surface area contributed by atoms with Gasteiger partial charge in [-0.3, -0.25) is 0 Å². The van der Waals surface area contributed by atoms with Crippen molar-refractivity contribution in [1.82, 2.24) is 0 Å². The zero-order chi connectivity index (χ0) is 5.15. The first-order valence-electron chi connectivity index (χ1n) is 1.07. The number of carbonyl (C=O) groups excluding carboxylic acids is 2. The van der Waals surface area contributed by atoms with Crippen molar-refractivity contribution in [3.05, 3.63) is 0 Å². The number of aliphatic carboxylic acids is 2. The van der Waals surface area contributed by atoms with Gasteiger partial charge < -0.3 is 21.2 Å². The molecule has 0 aliphatic rings. The minimum atomic E-state index is -2.19. The summed E-state index contributed by atoms with van der Waals surface area (Å²) in [4.78, 5) is 17.9. The summed E-state index contributed by atoms with van der Waals surface area (Å²) in [5.41, 5.74) is 0. The van der Waals surface area contributed by atoms with E-state index in [4.69, 9.17) is 19.8 Å². The third-order valence-corrected chi connectivity index (χ3v) is 0.167. The molecule has 0 aliphatic carbocycles. The summed E-state index contributed by atoms with van der Waals surface area (Å²) < 4.78 is 0. The molecule has 0 aromatic carbocycles. The number of carboxylic acid groups (broad SMARTS) is 2. The number of rotatable bonds is 0. The number of hydrogen-bond acceptors (Lipinski definition) is 4. The molecule has 8 heavy (non-hydrogen) atoms. The van der Waals surface area contributed by atoms with Crippen molar-refractivity contribution in [2.75, 3.05) is 0 Å².